The van der Waals surface area contributed by atoms with E-state index >= 15 is 0 Å². The fraction of sp³-hybridized carbons (Fsp3) is 0.524. The lowest BCUT2D eigenvalue weighted by Gasteiger charge is -2.35. The fourth-order valence-electron chi connectivity index (χ4n) is 4.22. The maximum absolute atomic E-state index is 13.3. The minimum Gasteiger partial charge on any atom is -0.369 e. The van der Waals surface area contributed by atoms with Crippen LogP contribution in [0.1, 0.15) is 26.2 Å². The first-order valence-corrected chi connectivity index (χ1v) is 10.8. The normalized spacial score (nSPS) is 19.4. The summed E-state index contributed by atoms with van der Waals surface area (Å²) in [6.07, 6.45) is -0.0520. The zero-order valence-corrected chi connectivity index (χ0v) is 17.8. The molecule has 0 saturated carbocycles. The molecule has 0 aliphatic carbocycles. The summed E-state index contributed by atoms with van der Waals surface area (Å²) in [6, 6.07) is 4.81. The van der Waals surface area contributed by atoms with E-state index in [2.05, 4.69) is 20.2 Å². The summed E-state index contributed by atoms with van der Waals surface area (Å²) < 4.78 is 39.9. The molecule has 32 heavy (non-hydrogen) atoms. The van der Waals surface area contributed by atoms with E-state index in [4.69, 9.17) is 4.98 Å². The number of piperidine rings is 1. The predicted molar refractivity (Wildman–Crippen MR) is 116 cm³/mol. The molecule has 11 heteroatoms. The number of rotatable bonds is 3. The van der Waals surface area contributed by atoms with Gasteiger partial charge in [0.15, 0.2) is 5.82 Å². The number of halogens is 3. The number of urea groups is 1. The zero-order chi connectivity index (χ0) is 22.7. The molecule has 0 spiro atoms. The van der Waals surface area contributed by atoms with Gasteiger partial charge in [0.2, 0.25) is 0 Å². The summed E-state index contributed by atoms with van der Waals surface area (Å²) in [5.41, 5.74) is 0.788. The molecule has 1 atom stereocenters. The number of alkyl halides is 3. The van der Waals surface area contributed by atoms with Crippen molar-refractivity contribution < 1.29 is 18.0 Å². The van der Waals surface area contributed by atoms with Crippen LogP contribution < -0.4 is 20.0 Å². The van der Waals surface area contributed by atoms with Gasteiger partial charge in [0, 0.05) is 38.9 Å². The third-order valence-corrected chi connectivity index (χ3v) is 5.90. The van der Waals surface area contributed by atoms with Crippen LogP contribution in [0.2, 0.25) is 0 Å². The van der Waals surface area contributed by atoms with E-state index in [-0.39, 0.29) is 19.0 Å². The van der Waals surface area contributed by atoms with E-state index < -0.39 is 12.1 Å². The van der Waals surface area contributed by atoms with Gasteiger partial charge in [0.1, 0.15) is 18.0 Å². The zero-order valence-electron chi connectivity index (χ0n) is 17.8. The van der Waals surface area contributed by atoms with E-state index in [0.29, 0.717) is 37.0 Å². The number of carbonyl (C=O) groups is 1. The Balaban J connectivity index is 1.65. The Morgan fingerprint density at radius 3 is 2.75 bits per heavy atom. The van der Waals surface area contributed by atoms with Crippen molar-refractivity contribution >= 4 is 29.2 Å². The van der Waals surface area contributed by atoms with Crippen LogP contribution in [-0.4, -0.2) is 59.9 Å². The van der Waals surface area contributed by atoms with Crippen LogP contribution in [-0.2, 0) is 0 Å². The van der Waals surface area contributed by atoms with Gasteiger partial charge in [-0.05, 0) is 44.4 Å². The van der Waals surface area contributed by atoms with Gasteiger partial charge in [0.05, 0.1) is 11.6 Å². The molecule has 1 fully saturated rings. The van der Waals surface area contributed by atoms with Crippen molar-refractivity contribution in [3.05, 3.63) is 30.7 Å². The lowest BCUT2D eigenvalue weighted by atomic mass is 9.97. The first-order valence-electron chi connectivity index (χ1n) is 10.8. The van der Waals surface area contributed by atoms with Crippen LogP contribution in [0.15, 0.2) is 30.7 Å². The second kappa shape index (κ2) is 9.17. The van der Waals surface area contributed by atoms with E-state index in [9.17, 15) is 18.0 Å². The van der Waals surface area contributed by atoms with Crippen LogP contribution in [0, 0.1) is 5.92 Å². The predicted octanol–water partition coefficient (Wildman–Crippen LogP) is 3.92. The number of hydrogen-bond donors (Lipinski definition) is 1. The van der Waals surface area contributed by atoms with Gasteiger partial charge in [-0.2, -0.15) is 13.2 Å². The molecule has 1 unspecified atom stereocenters. The number of nitrogens with one attached hydrogen (secondary N) is 1. The lowest BCUT2D eigenvalue weighted by molar-refractivity contribution is -0.176. The average molecular weight is 449 g/mol. The number of amides is 2. The highest BCUT2D eigenvalue weighted by atomic mass is 19.4. The smallest absolute Gasteiger partial charge is 0.369 e. The van der Waals surface area contributed by atoms with Gasteiger partial charge >= 0.3 is 12.2 Å². The van der Waals surface area contributed by atoms with E-state index in [0.717, 1.165) is 25.2 Å². The summed E-state index contributed by atoms with van der Waals surface area (Å²) in [7, 11) is 0. The van der Waals surface area contributed by atoms with Crippen LogP contribution in [0.4, 0.5) is 41.1 Å². The number of fused-ring (bicyclic) bond motifs is 1. The van der Waals surface area contributed by atoms with Gasteiger partial charge in [-0.15, -0.1) is 0 Å². The van der Waals surface area contributed by atoms with Gasteiger partial charge in [-0.25, -0.2) is 19.7 Å². The Labute approximate surface area is 184 Å². The SMILES string of the molecule is CCN1CCCN(C(=O)Nc2ccncn2)c2nc(N3CCCC(C(F)(F)F)C3)ccc21. The Bertz CT molecular complexity index is 941. The highest BCUT2D eigenvalue weighted by Crippen LogP contribution is 2.37. The molecule has 0 bridgehead atoms. The molecule has 8 nitrogen and oxygen atoms in total. The number of hydrogen-bond acceptors (Lipinski definition) is 6. The average Bonchev–Trinajstić information content (AvgIpc) is 2.98. The molecular weight excluding hydrogens is 423 g/mol. The van der Waals surface area contributed by atoms with Crippen LogP contribution in [0.5, 0.6) is 0 Å². The summed E-state index contributed by atoms with van der Waals surface area (Å²) in [6.45, 7) is 4.31. The van der Waals surface area contributed by atoms with Crippen molar-refractivity contribution in [2.24, 2.45) is 5.92 Å². The van der Waals surface area contributed by atoms with Crippen molar-refractivity contribution in [1.82, 2.24) is 15.0 Å². The molecule has 2 amide bonds. The maximum atomic E-state index is 13.3. The van der Waals surface area contributed by atoms with Crippen LogP contribution >= 0.6 is 0 Å². The number of pyridine rings is 1. The van der Waals surface area contributed by atoms with Gasteiger partial charge in [0.25, 0.3) is 0 Å². The minimum atomic E-state index is -4.23. The molecule has 1 N–H and O–H groups in total. The van der Waals surface area contributed by atoms with Crippen LogP contribution in [0.3, 0.4) is 0 Å². The first-order chi connectivity index (χ1) is 15.4. The summed E-state index contributed by atoms with van der Waals surface area (Å²) in [5, 5.41) is 2.75. The highest BCUT2D eigenvalue weighted by Gasteiger charge is 2.42. The molecule has 2 aliphatic rings. The third-order valence-electron chi connectivity index (χ3n) is 5.90. The van der Waals surface area contributed by atoms with E-state index in [1.165, 1.54) is 12.5 Å². The molecule has 2 aromatic rings. The fourth-order valence-corrected chi connectivity index (χ4v) is 4.22. The number of carbonyl (C=O) groups excluding carboxylic acids is 1. The number of anilines is 4. The van der Waals surface area contributed by atoms with Gasteiger partial charge in [-0.3, -0.25) is 10.2 Å². The summed E-state index contributed by atoms with van der Waals surface area (Å²) in [5.74, 6) is -0.109. The van der Waals surface area contributed by atoms with Gasteiger partial charge in [-0.1, -0.05) is 0 Å². The van der Waals surface area contributed by atoms with Crippen molar-refractivity contribution in [3.8, 4) is 0 Å². The second-order valence-electron chi connectivity index (χ2n) is 7.95. The maximum Gasteiger partial charge on any atom is 0.393 e. The van der Waals surface area contributed by atoms with E-state index in [1.807, 2.05) is 13.0 Å². The molecular formula is C21H26F3N7O. The van der Waals surface area contributed by atoms with E-state index in [1.54, 1.807) is 21.9 Å². The Hall–Kier alpha value is -3.11. The Kier molecular flexibility index (Phi) is 6.33. The Morgan fingerprint density at radius 2 is 2.03 bits per heavy atom. The second-order valence-corrected chi connectivity index (χ2v) is 7.95. The highest BCUT2D eigenvalue weighted by molar-refractivity contribution is 6.02. The molecule has 4 rings (SSSR count). The third kappa shape index (κ3) is 4.71. The summed E-state index contributed by atoms with van der Waals surface area (Å²) >= 11 is 0. The van der Waals surface area contributed by atoms with Gasteiger partial charge < -0.3 is 9.80 Å². The quantitative estimate of drug-likeness (QED) is 0.766. The molecule has 0 radical (unpaired) electrons. The number of aromatic nitrogens is 3. The Morgan fingerprint density at radius 1 is 1.19 bits per heavy atom. The molecule has 2 aromatic heterocycles. The largest absolute Gasteiger partial charge is 0.393 e. The van der Waals surface area contributed by atoms with Crippen molar-refractivity contribution in [1.29, 1.82) is 0 Å². The van der Waals surface area contributed by atoms with Crippen molar-refractivity contribution in [2.75, 3.05) is 52.7 Å². The molecule has 172 valence electrons. The minimum absolute atomic E-state index is 0.125. The first kappa shape index (κ1) is 22.1. The standard InChI is InChI=1S/C21H26F3N7O/c1-2-29-11-4-12-31(20(32)27-17-8-9-25-14-26-17)19-16(29)6-7-18(28-19)30-10-3-5-15(13-30)21(22,23)24/h6-9,14-15H,2-5,10-13H2,1H3,(H,25,26,27,32). The topological polar surface area (TPSA) is 77.5 Å². The van der Waals surface area contributed by atoms with Crippen molar-refractivity contribution in [3.63, 3.8) is 0 Å². The lowest BCUT2D eigenvalue weighted by Crippen LogP contribution is -2.42. The molecule has 0 aromatic carbocycles. The summed E-state index contributed by atoms with van der Waals surface area (Å²) in [4.78, 5) is 31.0. The number of nitrogens with zero attached hydrogens (tertiary/aromatic N) is 6. The molecule has 1 saturated heterocycles. The van der Waals surface area contributed by atoms with Crippen molar-refractivity contribution in [2.45, 2.75) is 32.4 Å². The monoisotopic (exact) mass is 449 g/mol. The molecule has 2 aliphatic heterocycles. The van der Waals surface area contributed by atoms with Crippen LogP contribution in [0.25, 0.3) is 0 Å². The molecule has 4 heterocycles.